The van der Waals surface area contributed by atoms with Crippen LogP contribution in [0.2, 0.25) is 10.0 Å². The maximum absolute atomic E-state index is 13.6. The third-order valence-corrected chi connectivity index (χ3v) is 17.2. The Bertz CT molecular complexity index is 4150. The molecule has 0 unspecified atom stereocenters. The summed E-state index contributed by atoms with van der Waals surface area (Å²) in [5.41, 5.74) is 5.43. The van der Waals surface area contributed by atoms with E-state index in [0.29, 0.717) is 94.4 Å². The van der Waals surface area contributed by atoms with Crippen LogP contribution in [0.4, 0.5) is 44.2 Å². The van der Waals surface area contributed by atoms with Crippen molar-refractivity contribution < 1.29 is 37.1 Å². The molecule has 2 saturated carbocycles. The van der Waals surface area contributed by atoms with E-state index in [-0.39, 0.29) is 59.0 Å². The summed E-state index contributed by atoms with van der Waals surface area (Å²) in [5, 5.41) is 20.6. The Hall–Kier alpha value is -9.05. The first-order valence-corrected chi connectivity index (χ1v) is 31.6. The molecule has 5 aromatic carbocycles. The highest BCUT2D eigenvalue weighted by Gasteiger charge is 2.31. The summed E-state index contributed by atoms with van der Waals surface area (Å²) in [6.45, 7) is 11.0. The predicted molar refractivity (Wildman–Crippen MR) is 355 cm³/mol. The molecule has 2 aliphatic carbocycles. The first-order chi connectivity index (χ1) is 42.5. The molecule has 0 atom stereocenters. The quantitative estimate of drug-likeness (QED) is 0.0534. The Labute approximate surface area is 533 Å². The van der Waals surface area contributed by atoms with Crippen molar-refractivity contribution >= 4 is 114 Å². The largest absolute Gasteiger partial charge is 0.444 e. The van der Waals surface area contributed by atoms with Gasteiger partial charge in [-0.2, -0.15) is 0 Å². The van der Waals surface area contributed by atoms with E-state index in [4.69, 9.17) is 32.7 Å². The van der Waals surface area contributed by atoms with Gasteiger partial charge in [-0.25, -0.2) is 41.9 Å². The summed E-state index contributed by atoms with van der Waals surface area (Å²) in [5.74, 6) is 0.220. The second kappa shape index (κ2) is 28.2. The molecule has 4 heterocycles. The second-order valence-corrected chi connectivity index (χ2v) is 26.6. The fourth-order valence-corrected chi connectivity index (χ4v) is 12.6. The molecule has 7 N–H and O–H groups in total. The number of hydrogen-bond donors (Lipinski definition) is 7. The molecule has 470 valence electrons. The Balaban J connectivity index is 0.000000215. The fourth-order valence-electron chi connectivity index (χ4n) is 10.8. The highest BCUT2D eigenvalue weighted by atomic mass is 35.5. The molecular weight excluding hydrogens is 1200 g/mol. The van der Waals surface area contributed by atoms with Gasteiger partial charge in [0.1, 0.15) is 11.2 Å². The van der Waals surface area contributed by atoms with Crippen LogP contribution in [0.5, 0.6) is 0 Å². The number of carbonyl (C=O) groups excluding carboxylic acids is 4. The fraction of sp³-hybridized carbons (Fsp3) is 0.313. The second-order valence-electron chi connectivity index (χ2n) is 24.0. The summed E-state index contributed by atoms with van der Waals surface area (Å²) in [6.07, 6.45) is 11.1. The standard InChI is InChI=1S/C36H37ClN6O5S.C30H33ClN6O3.CH4/c1-36(2,3)48-35(45)41-24-18-16-23(17-19-24)33(44)39-25-10-9-11-26(20-25)40-34-38-21-30(37)32(42-34)29-22-43(31-15-8-7-14-28(29)31)49(46,47)27-12-5-4-6-13-27;1-30(2,3)40-29(39)36-19-13-11-18(12-14-19)27(38)34-20-7-6-8-21(15-20)35-28-33-17-24(31)26(37-28)23-16-32-25-10-5-4-9-22(23)25;/h4-15,20-24H,16-19H2,1-3H3,(H,39,44)(H,41,45)(H,38,40,42);4-10,15-19,32H,11-14H2,1-3H3,(H,34,38)(H,36,39)(H,33,35,37);1H4. The van der Waals surface area contributed by atoms with Crippen LogP contribution in [0.3, 0.4) is 0 Å². The van der Waals surface area contributed by atoms with E-state index in [1.165, 1.54) is 16.4 Å². The molecule has 20 nitrogen and oxygen atoms in total. The van der Waals surface area contributed by atoms with Gasteiger partial charge in [0.05, 0.1) is 44.2 Å². The summed E-state index contributed by atoms with van der Waals surface area (Å²) in [4.78, 5) is 71.8. The number of para-hydroxylation sites is 2. The van der Waals surface area contributed by atoms with Crippen LogP contribution in [0.25, 0.3) is 44.3 Å². The molecule has 0 aliphatic heterocycles. The van der Waals surface area contributed by atoms with Crippen LogP contribution in [-0.4, -0.2) is 84.6 Å². The number of rotatable bonds is 14. The van der Waals surface area contributed by atoms with E-state index < -0.39 is 33.4 Å². The maximum Gasteiger partial charge on any atom is 0.407 e. The number of carbonyl (C=O) groups is 4. The van der Waals surface area contributed by atoms with Gasteiger partial charge in [0, 0.05) is 86.5 Å². The Kier molecular flexibility index (Phi) is 20.5. The number of aromatic amines is 1. The number of anilines is 6. The van der Waals surface area contributed by atoms with Gasteiger partial charge in [0.15, 0.2) is 0 Å². The minimum Gasteiger partial charge on any atom is -0.444 e. The predicted octanol–water partition coefficient (Wildman–Crippen LogP) is 15.4. The van der Waals surface area contributed by atoms with Crippen molar-refractivity contribution in [2.45, 2.75) is 129 Å². The number of fused-ring (bicyclic) bond motifs is 2. The molecule has 0 radical (unpaired) electrons. The highest BCUT2D eigenvalue weighted by Crippen LogP contribution is 2.38. The molecule has 11 rings (SSSR count). The molecule has 0 spiro atoms. The van der Waals surface area contributed by atoms with Gasteiger partial charge in [-0.15, -0.1) is 0 Å². The number of H-pyrrole nitrogens is 1. The third-order valence-electron chi connectivity index (χ3n) is 15.0. The van der Waals surface area contributed by atoms with E-state index in [2.05, 4.69) is 56.8 Å². The molecule has 23 heteroatoms. The lowest BCUT2D eigenvalue weighted by Gasteiger charge is -2.29. The van der Waals surface area contributed by atoms with Crippen molar-refractivity contribution in [1.82, 2.24) is 39.5 Å². The molecule has 9 aromatic rings. The van der Waals surface area contributed by atoms with Gasteiger partial charge >= 0.3 is 12.2 Å². The van der Waals surface area contributed by atoms with E-state index >= 15 is 0 Å². The van der Waals surface area contributed by atoms with Crippen molar-refractivity contribution in [3.63, 3.8) is 0 Å². The van der Waals surface area contributed by atoms with E-state index in [0.717, 1.165) is 35.0 Å². The van der Waals surface area contributed by atoms with Gasteiger partial charge in [0.25, 0.3) is 10.0 Å². The summed E-state index contributed by atoms with van der Waals surface area (Å²) in [7, 11) is -3.90. The van der Waals surface area contributed by atoms with Crippen molar-refractivity contribution in [3.8, 4) is 22.5 Å². The summed E-state index contributed by atoms with van der Waals surface area (Å²) >= 11 is 13.1. The van der Waals surface area contributed by atoms with Crippen molar-refractivity contribution in [3.05, 3.63) is 162 Å². The zero-order chi connectivity index (χ0) is 63.0. The zero-order valence-corrected chi connectivity index (χ0v) is 52.4. The molecule has 4 amide bonds. The molecule has 4 aromatic heterocycles. The van der Waals surface area contributed by atoms with Crippen LogP contribution in [0.15, 0.2) is 157 Å². The Morgan fingerprint density at radius 2 is 1.00 bits per heavy atom. The normalized spacial score (nSPS) is 16.7. The Morgan fingerprint density at radius 3 is 1.50 bits per heavy atom. The average molecular weight is 1280 g/mol. The number of aromatic nitrogens is 6. The number of halogens is 2. The number of alkyl carbamates (subject to hydrolysis) is 2. The number of nitrogens with one attached hydrogen (secondary N) is 7. The lowest BCUT2D eigenvalue weighted by atomic mass is 9.85. The van der Waals surface area contributed by atoms with Gasteiger partial charge in [-0.3, -0.25) is 9.59 Å². The van der Waals surface area contributed by atoms with Gasteiger partial charge in [-0.1, -0.05) is 97.4 Å². The van der Waals surface area contributed by atoms with E-state index in [1.807, 2.05) is 114 Å². The Morgan fingerprint density at radius 1 is 0.556 bits per heavy atom. The van der Waals surface area contributed by atoms with Crippen molar-refractivity contribution in [2.75, 3.05) is 21.3 Å². The van der Waals surface area contributed by atoms with Crippen LogP contribution in [0, 0.1) is 11.8 Å². The molecule has 2 aliphatic rings. The monoisotopic (exact) mass is 1280 g/mol. The minimum atomic E-state index is -3.90. The van der Waals surface area contributed by atoms with Crippen LogP contribution in [0.1, 0.15) is 100 Å². The number of hydrogen-bond acceptors (Lipinski definition) is 14. The van der Waals surface area contributed by atoms with Gasteiger partial charge < -0.3 is 46.4 Å². The van der Waals surface area contributed by atoms with Gasteiger partial charge in [0.2, 0.25) is 23.7 Å². The highest BCUT2D eigenvalue weighted by molar-refractivity contribution is 7.90. The molecule has 90 heavy (non-hydrogen) atoms. The number of nitrogens with zero attached hydrogens (tertiary/aromatic N) is 5. The SMILES string of the molecule is C.CC(C)(C)OC(=O)NC1CCC(C(=O)Nc2cccc(Nc3ncc(Cl)c(-c4c[nH]c5ccccc45)n3)c2)CC1.CC(C)(C)OC(=O)NC1CCC(C(=O)Nc2cccc(Nc3ncc(Cl)c(-c4cn(S(=O)(=O)c5ccccc5)c5ccccc45)n3)c2)CC1. The molecular formula is C67H74Cl2N12O8S. The molecule has 0 saturated heterocycles. The topological polar surface area (TPSA) is 265 Å². The van der Waals surface area contributed by atoms with Gasteiger partial charge in [-0.05, 0) is 154 Å². The van der Waals surface area contributed by atoms with Crippen molar-refractivity contribution in [2.24, 2.45) is 11.8 Å². The molecule has 2 fully saturated rings. The number of benzene rings is 5. The average Bonchev–Trinajstić information content (AvgIpc) is 4.13. The van der Waals surface area contributed by atoms with Crippen LogP contribution >= 0.6 is 23.2 Å². The zero-order valence-electron chi connectivity index (χ0n) is 50.1. The lowest BCUT2D eigenvalue weighted by Crippen LogP contribution is -2.42. The molecule has 0 bridgehead atoms. The first kappa shape index (κ1) is 65.4. The maximum atomic E-state index is 13.6. The minimum absolute atomic E-state index is 0. The summed E-state index contributed by atoms with van der Waals surface area (Å²) in [6, 6.07) is 38.0. The first-order valence-electron chi connectivity index (χ1n) is 29.4. The van der Waals surface area contributed by atoms with Crippen LogP contribution in [-0.2, 0) is 29.1 Å². The number of ether oxygens (including phenoxy) is 2. The van der Waals surface area contributed by atoms with E-state index in [1.54, 1.807) is 66.9 Å². The number of amides is 4. The van der Waals surface area contributed by atoms with Crippen LogP contribution < -0.4 is 31.9 Å². The summed E-state index contributed by atoms with van der Waals surface area (Å²) < 4.78 is 39.2. The smallest absolute Gasteiger partial charge is 0.407 e. The lowest BCUT2D eigenvalue weighted by molar-refractivity contribution is -0.121. The van der Waals surface area contributed by atoms with E-state index in [9.17, 15) is 27.6 Å². The third kappa shape index (κ3) is 16.6. The van der Waals surface area contributed by atoms with Crippen molar-refractivity contribution in [1.29, 1.82) is 0 Å².